The van der Waals surface area contributed by atoms with Crippen LogP contribution in [-0.2, 0) is 10.9 Å². The minimum atomic E-state index is -2.58. The second-order valence-corrected chi connectivity index (χ2v) is 6.70. The predicted molar refractivity (Wildman–Crippen MR) is 105 cm³/mol. The fourth-order valence-electron chi connectivity index (χ4n) is 2.85. The second kappa shape index (κ2) is 9.98. The fourth-order valence-corrected chi connectivity index (χ4v) is 3.21. The minimum absolute atomic E-state index is 0.534. The molecule has 2 heterocycles. The van der Waals surface area contributed by atoms with Gasteiger partial charge in [-0.25, -0.2) is 13.4 Å². The van der Waals surface area contributed by atoms with Gasteiger partial charge in [-0.3, -0.25) is 9.62 Å². The van der Waals surface area contributed by atoms with E-state index in [-0.39, 0.29) is 0 Å². The number of pyridine rings is 1. The molecule has 1 aromatic heterocycles. The predicted octanol–water partition coefficient (Wildman–Crippen LogP) is 2.52. The molecule has 2 aromatic rings. The van der Waals surface area contributed by atoms with E-state index >= 15 is 0 Å². The van der Waals surface area contributed by atoms with Crippen LogP contribution in [0.15, 0.2) is 42.6 Å². The zero-order valence-electron chi connectivity index (χ0n) is 15.3. The van der Waals surface area contributed by atoms with Crippen LogP contribution in [0.3, 0.4) is 0 Å². The number of nitrogens with one attached hydrogen (secondary N) is 2. The molecule has 1 aliphatic heterocycles. The Morgan fingerprint density at radius 3 is 2.38 bits per heavy atom. The summed E-state index contributed by atoms with van der Waals surface area (Å²) in [6.07, 6.45) is 4.55. The first-order valence-electron chi connectivity index (χ1n) is 8.42. The van der Waals surface area contributed by atoms with Crippen LogP contribution < -0.4 is 14.8 Å². The van der Waals surface area contributed by atoms with Crippen LogP contribution in [0.5, 0.6) is 5.75 Å². The van der Waals surface area contributed by atoms with E-state index < -0.39 is 10.9 Å². The third-order valence-corrected chi connectivity index (χ3v) is 4.70. The van der Waals surface area contributed by atoms with Gasteiger partial charge in [0.2, 0.25) is 10.9 Å². The Hall–Kier alpha value is -2.32. The molecule has 7 nitrogen and oxygen atoms in total. The van der Waals surface area contributed by atoms with Gasteiger partial charge in [0, 0.05) is 25.0 Å². The normalized spacial score (nSPS) is 16.7. The van der Waals surface area contributed by atoms with Gasteiger partial charge >= 0.3 is 0 Å². The smallest absolute Gasteiger partial charge is 0.222 e. The molecular weight excluding hydrogens is 352 g/mol. The molecule has 0 bridgehead atoms. The summed E-state index contributed by atoms with van der Waals surface area (Å²) in [4.78, 5) is 6.74. The standard InChI is InChI=1S/C11H17N3.C7H9NO3S/c1-12-11-6-5-9(8-13-11)10-4-3-7-14(10)2;1-11-7-4-2-6(3-5-7)8-12(9)10/h5-6,8,10H,3-4,7H2,1-2H3,(H,12,13);2-5,12H,1H3,(H,8,9,10). The lowest BCUT2D eigenvalue weighted by molar-refractivity contribution is 0.317. The summed E-state index contributed by atoms with van der Waals surface area (Å²) in [7, 11) is 3.05. The fraction of sp³-hybridized carbons (Fsp3) is 0.389. The van der Waals surface area contributed by atoms with Crippen molar-refractivity contribution in [2.45, 2.75) is 18.9 Å². The number of likely N-dealkylation sites (tertiary alicyclic amines) is 1. The minimum Gasteiger partial charge on any atom is -0.497 e. The number of rotatable bonds is 5. The number of aromatic nitrogens is 1. The lowest BCUT2D eigenvalue weighted by atomic mass is 10.1. The van der Waals surface area contributed by atoms with Gasteiger partial charge in [-0.1, -0.05) is 6.07 Å². The maximum Gasteiger partial charge on any atom is 0.222 e. The summed E-state index contributed by atoms with van der Waals surface area (Å²) in [5.41, 5.74) is 1.87. The van der Waals surface area contributed by atoms with Crippen molar-refractivity contribution in [1.29, 1.82) is 0 Å². The van der Waals surface area contributed by atoms with E-state index in [1.807, 2.05) is 19.3 Å². The molecule has 1 saturated heterocycles. The van der Waals surface area contributed by atoms with Crippen LogP contribution in [0.4, 0.5) is 11.5 Å². The molecule has 0 saturated carbocycles. The van der Waals surface area contributed by atoms with Gasteiger partial charge in [0.05, 0.1) is 7.11 Å². The highest BCUT2D eigenvalue weighted by molar-refractivity contribution is 7.73. The number of hydrogen-bond acceptors (Lipinski definition) is 6. The van der Waals surface area contributed by atoms with Gasteiger partial charge in [0.15, 0.2) is 0 Å². The van der Waals surface area contributed by atoms with E-state index in [0.29, 0.717) is 17.5 Å². The van der Waals surface area contributed by atoms with Crippen molar-refractivity contribution in [3.05, 3.63) is 48.2 Å². The first kappa shape index (κ1) is 20.0. The monoisotopic (exact) mass is 378 g/mol. The Balaban J connectivity index is 0.000000190. The molecule has 0 amide bonds. The third-order valence-electron chi connectivity index (χ3n) is 4.26. The Kier molecular flexibility index (Phi) is 7.68. The Morgan fingerprint density at radius 1 is 1.19 bits per heavy atom. The molecule has 1 unspecified atom stereocenters. The first-order valence-corrected chi connectivity index (χ1v) is 9.60. The Bertz CT molecular complexity index is 740. The number of hydrogen-bond donors (Lipinski definition) is 3. The van der Waals surface area contributed by atoms with Crippen molar-refractivity contribution < 1.29 is 13.2 Å². The molecule has 142 valence electrons. The first-order chi connectivity index (χ1) is 12.5. The molecule has 1 atom stereocenters. The van der Waals surface area contributed by atoms with Crippen molar-refractivity contribution in [3.63, 3.8) is 0 Å². The second-order valence-electron chi connectivity index (χ2n) is 5.96. The van der Waals surface area contributed by atoms with Crippen LogP contribution in [0.25, 0.3) is 0 Å². The number of benzene rings is 1. The van der Waals surface area contributed by atoms with Crippen molar-refractivity contribution in [1.82, 2.24) is 9.88 Å². The average molecular weight is 378 g/mol. The molecular formula is C18H26N4O3S. The van der Waals surface area contributed by atoms with Crippen LogP contribution in [0.1, 0.15) is 24.4 Å². The zero-order valence-corrected chi connectivity index (χ0v) is 16.2. The highest BCUT2D eigenvalue weighted by atomic mass is 32.2. The molecule has 26 heavy (non-hydrogen) atoms. The van der Waals surface area contributed by atoms with Crippen molar-refractivity contribution in [3.8, 4) is 5.75 Å². The summed E-state index contributed by atoms with van der Waals surface area (Å²) in [5, 5.41) is 3.03. The highest BCUT2D eigenvalue weighted by Crippen LogP contribution is 2.29. The largest absolute Gasteiger partial charge is 0.497 e. The number of nitrogens with zero attached hydrogens (tertiary/aromatic N) is 2. The maximum absolute atomic E-state index is 10.2. The third kappa shape index (κ3) is 5.89. The lowest BCUT2D eigenvalue weighted by Gasteiger charge is -2.19. The lowest BCUT2D eigenvalue weighted by Crippen LogP contribution is -2.17. The summed E-state index contributed by atoms with van der Waals surface area (Å²) in [6.45, 7) is 1.21. The number of ether oxygens (including phenoxy) is 1. The van der Waals surface area contributed by atoms with Gasteiger partial charge in [0.1, 0.15) is 11.6 Å². The average Bonchev–Trinajstić information content (AvgIpc) is 3.08. The van der Waals surface area contributed by atoms with Crippen molar-refractivity contribution in [2.75, 3.05) is 37.8 Å². The van der Waals surface area contributed by atoms with Crippen molar-refractivity contribution >= 4 is 22.4 Å². The number of methoxy groups -OCH3 is 1. The quantitative estimate of drug-likeness (QED) is 0.694. The summed E-state index contributed by atoms with van der Waals surface area (Å²) < 4.78 is 27.6. The molecule has 8 heteroatoms. The molecule has 0 spiro atoms. The molecule has 0 aliphatic carbocycles. The topological polar surface area (TPSA) is 83.6 Å². The molecule has 3 rings (SSSR count). The van der Waals surface area contributed by atoms with Gasteiger partial charge in [0.25, 0.3) is 0 Å². The Labute approximate surface area is 156 Å². The van der Waals surface area contributed by atoms with E-state index in [1.54, 1.807) is 31.4 Å². The highest BCUT2D eigenvalue weighted by Gasteiger charge is 2.22. The van der Waals surface area contributed by atoms with Crippen LogP contribution >= 0.6 is 0 Å². The molecule has 1 aliphatic rings. The van der Waals surface area contributed by atoms with Crippen LogP contribution in [-0.4, -0.2) is 46.1 Å². The number of thiol groups is 1. The summed E-state index contributed by atoms with van der Waals surface area (Å²) >= 11 is 0. The van der Waals surface area contributed by atoms with E-state index in [1.165, 1.54) is 24.9 Å². The molecule has 1 fully saturated rings. The van der Waals surface area contributed by atoms with E-state index in [2.05, 4.69) is 33.0 Å². The van der Waals surface area contributed by atoms with E-state index in [0.717, 1.165) is 5.82 Å². The van der Waals surface area contributed by atoms with Gasteiger partial charge < -0.3 is 10.1 Å². The Morgan fingerprint density at radius 2 is 1.92 bits per heavy atom. The van der Waals surface area contributed by atoms with E-state index in [4.69, 9.17) is 4.74 Å². The van der Waals surface area contributed by atoms with Gasteiger partial charge in [-0.2, -0.15) is 0 Å². The molecule has 2 N–H and O–H groups in total. The van der Waals surface area contributed by atoms with Crippen molar-refractivity contribution in [2.24, 2.45) is 0 Å². The van der Waals surface area contributed by atoms with Crippen LogP contribution in [0.2, 0.25) is 0 Å². The summed E-state index contributed by atoms with van der Waals surface area (Å²) in [5.74, 6) is 1.64. The number of anilines is 2. The maximum atomic E-state index is 10.2. The SMILES string of the molecule is CNc1ccc(C2CCCN2C)cn1.COc1ccc(N[SH](=O)=O)cc1. The molecule has 0 radical (unpaired) electrons. The van der Waals surface area contributed by atoms with Crippen LogP contribution in [0, 0.1) is 0 Å². The van der Waals surface area contributed by atoms with Gasteiger partial charge in [-0.05, 0) is 62.3 Å². The van der Waals surface area contributed by atoms with E-state index in [9.17, 15) is 8.42 Å². The zero-order chi connectivity index (χ0) is 18.9. The molecule has 1 aromatic carbocycles. The summed E-state index contributed by atoms with van der Waals surface area (Å²) in [6, 6.07) is 11.4. The van der Waals surface area contributed by atoms with Gasteiger partial charge in [-0.15, -0.1) is 0 Å².